The quantitative estimate of drug-likeness (QED) is 0.674. The van der Waals surface area contributed by atoms with Crippen molar-refractivity contribution in [1.82, 2.24) is 4.98 Å². The maximum Gasteiger partial charge on any atom is 0.161 e. The van der Waals surface area contributed by atoms with Crippen molar-refractivity contribution in [2.45, 2.75) is 18.6 Å². The fraction of sp³-hybridized carbons (Fsp3) is 0.176. The van der Waals surface area contributed by atoms with Gasteiger partial charge < -0.3 is 15.5 Å². The molecule has 0 spiro atoms. The highest BCUT2D eigenvalue weighted by molar-refractivity contribution is 5.87. The number of ether oxygens (including phenoxy) is 1. The van der Waals surface area contributed by atoms with Crippen molar-refractivity contribution in [2.24, 2.45) is 5.73 Å². The van der Waals surface area contributed by atoms with Crippen LogP contribution in [0.5, 0.6) is 5.75 Å². The van der Waals surface area contributed by atoms with Crippen LogP contribution >= 0.6 is 0 Å². The first kappa shape index (κ1) is 14.1. The van der Waals surface area contributed by atoms with E-state index >= 15 is 0 Å². The third-order valence-corrected chi connectivity index (χ3v) is 4.20. The molecule has 3 aromatic rings. The number of aromatic nitrogens is 1. The van der Waals surface area contributed by atoms with Crippen molar-refractivity contribution >= 4 is 10.9 Å². The summed E-state index contributed by atoms with van der Waals surface area (Å²) >= 11 is 0. The number of benzene rings is 2. The van der Waals surface area contributed by atoms with Crippen LogP contribution in [0.25, 0.3) is 10.9 Å². The molecular formula is C17H13F3N2O. The maximum atomic E-state index is 14.1. The first-order valence-corrected chi connectivity index (χ1v) is 7.20. The number of nitrogens with two attached hydrogens (primary N) is 1. The topological polar surface area (TPSA) is 51.0 Å². The van der Waals surface area contributed by atoms with Gasteiger partial charge in [-0.25, -0.2) is 13.2 Å². The Balaban J connectivity index is 1.83. The minimum Gasteiger partial charge on any atom is -0.483 e. The van der Waals surface area contributed by atoms with Crippen molar-refractivity contribution in [3.8, 4) is 5.75 Å². The average Bonchev–Trinajstić information content (AvgIpc) is 2.99. The molecule has 0 aliphatic carbocycles. The van der Waals surface area contributed by atoms with Gasteiger partial charge in [-0.3, -0.25) is 0 Å². The highest BCUT2D eigenvalue weighted by Crippen LogP contribution is 2.40. The van der Waals surface area contributed by atoms with Crippen molar-refractivity contribution in [3.05, 3.63) is 65.1 Å². The van der Waals surface area contributed by atoms with E-state index in [0.717, 1.165) is 22.5 Å². The van der Waals surface area contributed by atoms with Gasteiger partial charge in [-0.1, -0.05) is 6.07 Å². The molecule has 0 radical (unpaired) electrons. The van der Waals surface area contributed by atoms with E-state index in [0.29, 0.717) is 18.2 Å². The Morgan fingerprint density at radius 1 is 1.04 bits per heavy atom. The predicted octanol–water partition coefficient (Wildman–Crippen LogP) is 3.59. The second-order valence-corrected chi connectivity index (χ2v) is 5.69. The first-order chi connectivity index (χ1) is 11.0. The minimum absolute atomic E-state index is 0.0745. The number of aromatic amines is 1. The van der Waals surface area contributed by atoms with E-state index < -0.39 is 29.6 Å². The number of H-pyrrole nitrogens is 1. The van der Waals surface area contributed by atoms with Gasteiger partial charge in [-0.05, 0) is 30.2 Å². The van der Waals surface area contributed by atoms with Crippen LogP contribution in [-0.2, 0) is 6.42 Å². The maximum absolute atomic E-state index is 14.1. The highest BCUT2D eigenvalue weighted by atomic mass is 19.2. The van der Waals surface area contributed by atoms with E-state index in [9.17, 15) is 13.2 Å². The molecule has 4 rings (SSSR count). The molecule has 2 atom stereocenters. The third kappa shape index (κ3) is 2.17. The second-order valence-electron chi connectivity index (χ2n) is 5.69. The molecule has 0 saturated heterocycles. The van der Waals surface area contributed by atoms with Crippen LogP contribution in [0, 0.1) is 17.5 Å². The van der Waals surface area contributed by atoms with E-state index in [-0.39, 0.29) is 5.56 Å². The van der Waals surface area contributed by atoms with E-state index in [1.807, 2.05) is 18.2 Å². The van der Waals surface area contributed by atoms with E-state index in [2.05, 4.69) is 4.98 Å². The largest absolute Gasteiger partial charge is 0.483 e. The van der Waals surface area contributed by atoms with Gasteiger partial charge in [0.2, 0.25) is 0 Å². The highest BCUT2D eigenvalue weighted by Gasteiger charge is 2.32. The summed E-state index contributed by atoms with van der Waals surface area (Å²) < 4.78 is 46.6. The summed E-state index contributed by atoms with van der Waals surface area (Å²) in [5.41, 5.74) is 7.80. The molecule has 3 nitrogen and oxygen atoms in total. The lowest BCUT2D eigenvalue weighted by Crippen LogP contribution is -2.38. The van der Waals surface area contributed by atoms with Gasteiger partial charge in [-0.2, -0.15) is 0 Å². The fourth-order valence-electron chi connectivity index (χ4n) is 3.08. The van der Waals surface area contributed by atoms with Crippen LogP contribution in [0.15, 0.2) is 36.5 Å². The third-order valence-electron chi connectivity index (χ3n) is 4.20. The van der Waals surface area contributed by atoms with Gasteiger partial charge in [-0.15, -0.1) is 0 Å². The Morgan fingerprint density at radius 2 is 1.83 bits per heavy atom. The van der Waals surface area contributed by atoms with E-state index in [4.69, 9.17) is 10.5 Å². The van der Waals surface area contributed by atoms with E-state index in [1.54, 1.807) is 6.20 Å². The fourth-order valence-corrected chi connectivity index (χ4v) is 3.08. The molecule has 1 unspecified atom stereocenters. The van der Waals surface area contributed by atoms with Crippen molar-refractivity contribution < 1.29 is 17.9 Å². The molecule has 0 bridgehead atoms. The Labute approximate surface area is 129 Å². The molecule has 0 fully saturated rings. The van der Waals surface area contributed by atoms with Crippen LogP contribution in [0.4, 0.5) is 13.2 Å². The van der Waals surface area contributed by atoms with Crippen molar-refractivity contribution in [3.63, 3.8) is 0 Å². The number of hydrogen-bond donors (Lipinski definition) is 2. The Bertz CT molecular complexity index is 906. The molecule has 1 aromatic heterocycles. The Hall–Kier alpha value is -2.47. The lowest BCUT2D eigenvalue weighted by Gasteiger charge is -2.32. The lowest BCUT2D eigenvalue weighted by molar-refractivity contribution is 0.151. The number of rotatable bonds is 1. The molecule has 6 heteroatoms. The molecule has 118 valence electrons. The zero-order chi connectivity index (χ0) is 16.1. The summed E-state index contributed by atoms with van der Waals surface area (Å²) in [4.78, 5) is 3.07. The van der Waals surface area contributed by atoms with Gasteiger partial charge in [0.15, 0.2) is 11.6 Å². The SMILES string of the molecule is N[C@H]1Cc2ccc3[nH]ccc3c2OC1c1cc(F)c(F)cc1F. The molecule has 3 N–H and O–H groups in total. The van der Waals surface area contributed by atoms with Crippen LogP contribution < -0.4 is 10.5 Å². The van der Waals surface area contributed by atoms with Crippen LogP contribution in [-0.4, -0.2) is 11.0 Å². The normalized spacial score (nSPS) is 20.3. The molecule has 23 heavy (non-hydrogen) atoms. The first-order valence-electron chi connectivity index (χ1n) is 7.20. The molecule has 2 aromatic carbocycles. The van der Waals surface area contributed by atoms with Gasteiger partial charge in [0.25, 0.3) is 0 Å². The van der Waals surface area contributed by atoms with Crippen molar-refractivity contribution in [2.75, 3.05) is 0 Å². The Kier molecular flexibility index (Phi) is 3.09. The molecule has 1 aliphatic heterocycles. The molecular weight excluding hydrogens is 305 g/mol. The number of fused-ring (bicyclic) bond motifs is 3. The van der Waals surface area contributed by atoms with Crippen LogP contribution in [0.1, 0.15) is 17.2 Å². The summed E-state index contributed by atoms with van der Waals surface area (Å²) in [6.45, 7) is 0. The zero-order valence-corrected chi connectivity index (χ0v) is 11.9. The summed E-state index contributed by atoms with van der Waals surface area (Å²) in [6.07, 6.45) is 1.35. The monoisotopic (exact) mass is 318 g/mol. The smallest absolute Gasteiger partial charge is 0.161 e. The summed E-state index contributed by atoms with van der Waals surface area (Å²) in [7, 11) is 0. The molecule has 0 amide bonds. The number of hydrogen-bond acceptors (Lipinski definition) is 2. The second kappa shape index (κ2) is 5.03. The summed E-state index contributed by atoms with van der Waals surface area (Å²) in [6, 6.07) is 6.45. The number of nitrogens with one attached hydrogen (secondary N) is 1. The lowest BCUT2D eigenvalue weighted by atomic mass is 9.92. The van der Waals surface area contributed by atoms with Crippen molar-refractivity contribution in [1.29, 1.82) is 0 Å². The van der Waals surface area contributed by atoms with Gasteiger partial charge in [0, 0.05) is 28.7 Å². The standard InChI is InChI=1S/C17H13F3N2O/c18-11-7-13(20)12(19)6-10(11)17-14(21)5-8-1-2-15-9(3-4-22-15)16(8)23-17/h1-4,6-7,14,17,22H,5,21H2/t14-,17?/m0/s1. The number of halogens is 3. The Morgan fingerprint density at radius 3 is 2.65 bits per heavy atom. The summed E-state index contributed by atoms with van der Waals surface area (Å²) in [5, 5.41) is 0.849. The van der Waals surface area contributed by atoms with Gasteiger partial charge >= 0.3 is 0 Å². The minimum atomic E-state index is -1.23. The van der Waals surface area contributed by atoms with Crippen LogP contribution in [0.2, 0.25) is 0 Å². The van der Waals surface area contributed by atoms with Gasteiger partial charge in [0.1, 0.15) is 17.7 Å². The van der Waals surface area contributed by atoms with Gasteiger partial charge in [0.05, 0.1) is 6.04 Å². The zero-order valence-electron chi connectivity index (χ0n) is 11.9. The molecule has 2 heterocycles. The molecule has 1 aliphatic rings. The van der Waals surface area contributed by atoms with E-state index in [1.165, 1.54) is 0 Å². The molecule has 0 saturated carbocycles. The van der Waals surface area contributed by atoms with Crippen LogP contribution in [0.3, 0.4) is 0 Å². The summed E-state index contributed by atoms with van der Waals surface area (Å²) in [5.74, 6) is -2.62. The predicted molar refractivity (Wildman–Crippen MR) is 79.7 cm³/mol. The average molecular weight is 318 g/mol.